The van der Waals surface area contributed by atoms with Gasteiger partial charge >= 0.3 is 11.9 Å². The Hall–Kier alpha value is -8.32. The molecule has 2 heterocycles. The van der Waals surface area contributed by atoms with Gasteiger partial charge in [-0.2, -0.15) is 0 Å². The van der Waals surface area contributed by atoms with Crippen LogP contribution in [0.15, 0.2) is 204 Å². The molecule has 12 nitrogen and oxygen atoms in total. The van der Waals surface area contributed by atoms with Crippen LogP contribution in [0.1, 0.15) is 70.2 Å². The van der Waals surface area contributed by atoms with Crippen molar-refractivity contribution in [2.75, 3.05) is 23.7 Å². The van der Waals surface area contributed by atoms with Gasteiger partial charge in [-0.05, 0) is 73.2 Å². The summed E-state index contributed by atoms with van der Waals surface area (Å²) in [6.07, 6.45) is 3.35. The van der Waals surface area contributed by atoms with Crippen molar-refractivity contribution in [1.29, 1.82) is 0 Å². The molecular weight excluding hydrogens is 925 g/mol. The number of nitrogens with one attached hydrogen (secondary N) is 2. The molecule has 0 saturated carbocycles. The van der Waals surface area contributed by atoms with Crippen LogP contribution in [-0.4, -0.2) is 92.4 Å². The topological polar surface area (TPSA) is 164 Å². The Morgan fingerprint density at radius 2 is 0.784 bits per heavy atom. The standard InChI is InChI=1S/C62H60N6O6/c69-59(55-31-17-37-67(55)41-45-19-5-1-6-20-45)65-51-29-15-13-27-49(51)57(47-23-9-3-10-24-47)63-53(61(71)72)39-43-33-35-44(36-34-43)40-54(62(73)74)64-58(48-25-11-4-12-26-48)50-28-14-16-30-52(50)66-60(70)56-32-18-38-68(56)42-46-21-7-2-8-22-46/h1-16,19-30,33-36,53-56H,17-18,31-32,37-42H2,(H,65,69)(H,66,70)(H,71,72)(H,73,74)/t53-,54-,55-,56-/m0/s1. The summed E-state index contributed by atoms with van der Waals surface area (Å²) in [5.74, 6) is -2.49. The van der Waals surface area contributed by atoms with Crippen LogP contribution in [0.5, 0.6) is 0 Å². The van der Waals surface area contributed by atoms with Crippen LogP contribution in [0.3, 0.4) is 0 Å². The van der Waals surface area contributed by atoms with Gasteiger partial charge in [0.2, 0.25) is 11.8 Å². The normalized spacial score (nSPS) is 17.1. The molecule has 0 radical (unpaired) electrons. The highest BCUT2D eigenvalue weighted by atomic mass is 16.4. The zero-order valence-electron chi connectivity index (χ0n) is 41.2. The molecule has 2 aliphatic heterocycles. The number of aliphatic imine (C=N–C) groups is 2. The Morgan fingerprint density at radius 1 is 0.446 bits per heavy atom. The van der Waals surface area contributed by atoms with Gasteiger partial charge in [-0.3, -0.25) is 29.4 Å². The summed E-state index contributed by atoms with van der Waals surface area (Å²) in [6, 6.07) is 57.8. The SMILES string of the molecule is O=C(O)[C@H](Cc1ccc(C[C@H](N=C(c2ccccc2)c2ccccc2NC(=O)[C@@H]2CCCN2Cc2ccccc2)C(=O)O)cc1)N=C(c1ccccc1)c1ccccc1NC(=O)[C@@H]1CCCN1Cc1ccccc1. The number of nitrogens with zero attached hydrogens (tertiary/aromatic N) is 4. The Morgan fingerprint density at radius 3 is 1.15 bits per heavy atom. The zero-order valence-corrected chi connectivity index (χ0v) is 41.2. The van der Waals surface area contributed by atoms with E-state index < -0.39 is 24.0 Å². The number of hydrogen-bond donors (Lipinski definition) is 4. The number of carboxylic acids is 2. The van der Waals surface area contributed by atoms with E-state index in [0.29, 0.717) is 69.3 Å². The minimum Gasteiger partial charge on any atom is -0.480 e. The lowest BCUT2D eigenvalue weighted by Gasteiger charge is -2.24. The largest absolute Gasteiger partial charge is 0.480 e. The Bertz CT molecular complexity index is 2890. The second kappa shape index (κ2) is 24.4. The Labute approximate surface area is 432 Å². The average molecular weight is 985 g/mol. The van der Waals surface area contributed by atoms with Crippen molar-refractivity contribution in [2.24, 2.45) is 9.98 Å². The van der Waals surface area contributed by atoms with Gasteiger partial charge in [-0.25, -0.2) is 9.59 Å². The monoisotopic (exact) mass is 984 g/mol. The zero-order chi connectivity index (χ0) is 51.2. The lowest BCUT2D eigenvalue weighted by Crippen LogP contribution is -2.39. The van der Waals surface area contributed by atoms with E-state index in [0.717, 1.165) is 49.9 Å². The predicted octanol–water partition coefficient (Wildman–Crippen LogP) is 9.96. The molecule has 374 valence electrons. The molecule has 2 saturated heterocycles. The summed E-state index contributed by atoms with van der Waals surface area (Å²) in [4.78, 5) is 68.5. The quantitative estimate of drug-likeness (QED) is 0.0549. The molecule has 74 heavy (non-hydrogen) atoms. The summed E-state index contributed by atoms with van der Waals surface area (Å²) in [5.41, 5.74) is 8.17. The number of carbonyl (C=O) groups excluding carboxylic acids is 2. The lowest BCUT2D eigenvalue weighted by molar-refractivity contribution is -0.139. The molecule has 7 aromatic carbocycles. The highest BCUT2D eigenvalue weighted by Gasteiger charge is 2.33. The highest BCUT2D eigenvalue weighted by Crippen LogP contribution is 2.28. The van der Waals surface area contributed by atoms with Crippen LogP contribution < -0.4 is 10.6 Å². The molecule has 2 fully saturated rings. The number of carboxylic acid groups (broad SMARTS) is 2. The Kier molecular flexibility index (Phi) is 16.7. The molecule has 0 spiro atoms. The number of anilines is 2. The number of rotatable bonds is 20. The number of carbonyl (C=O) groups is 4. The van der Waals surface area contributed by atoms with Crippen molar-refractivity contribution >= 4 is 46.6 Å². The van der Waals surface area contributed by atoms with Gasteiger partial charge in [0.1, 0.15) is 0 Å². The summed E-state index contributed by atoms with van der Waals surface area (Å²) in [7, 11) is 0. The van der Waals surface area contributed by atoms with Crippen LogP contribution in [0.2, 0.25) is 0 Å². The number of amides is 2. The molecule has 2 aliphatic rings. The third kappa shape index (κ3) is 12.8. The second-order valence-electron chi connectivity index (χ2n) is 18.9. The Balaban J connectivity index is 0.940. The molecule has 4 atom stereocenters. The first-order valence-electron chi connectivity index (χ1n) is 25.3. The van der Waals surface area contributed by atoms with E-state index in [4.69, 9.17) is 9.98 Å². The third-order valence-electron chi connectivity index (χ3n) is 13.8. The average Bonchev–Trinajstić information content (AvgIpc) is 4.10. The smallest absolute Gasteiger partial charge is 0.328 e. The fraction of sp³-hybridized carbons (Fsp3) is 0.226. The van der Waals surface area contributed by atoms with Crippen LogP contribution in [-0.2, 0) is 45.1 Å². The van der Waals surface area contributed by atoms with Crippen molar-refractivity contribution in [2.45, 2.75) is 75.8 Å². The van der Waals surface area contributed by atoms with E-state index >= 15 is 0 Å². The van der Waals surface area contributed by atoms with Gasteiger partial charge < -0.3 is 20.8 Å². The van der Waals surface area contributed by atoms with E-state index in [9.17, 15) is 29.4 Å². The molecule has 7 aromatic rings. The van der Waals surface area contributed by atoms with E-state index in [1.807, 2.05) is 146 Å². The van der Waals surface area contributed by atoms with E-state index in [1.54, 1.807) is 24.3 Å². The van der Waals surface area contributed by atoms with E-state index in [2.05, 4.69) is 44.7 Å². The van der Waals surface area contributed by atoms with Crippen molar-refractivity contribution in [1.82, 2.24) is 9.80 Å². The first-order valence-corrected chi connectivity index (χ1v) is 25.3. The second-order valence-corrected chi connectivity index (χ2v) is 18.9. The molecule has 0 aromatic heterocycles. The van der Waals surface area contributed by atoms with Gasteiger partial charge in [0.15, 0.2) is 12.1 Å². The first-order chi connectivity index (χ1) is 36.2. The molecule has 4 N–H and O–H groups in total. The maximum Gasteiger partial charge on any atom is 0.328 e. The molecule has 0 aliphatic carbocycles. The summed E-state index contributed by atoms with van der Waals surface area (Å²) >= 11 is 0. The number of aliphatic carboxylic acids is 2. The van der Waals surface area contributed by atoms with Gasteiger partial charge in [-0.1, -0.05) is 182 Å². The van der Waals surface area contributed by atoms with Crippen LogP contribution in [0.4, 0.5) is 11.4 Å². The summed E-state index contributed by atoms with van der Waals surface area (Å²) in [6.45, 7) is 2.94. The molecule has 2 amide bonds. The van der Waals surface area contributed by atoms with Crippen molar-refractivity contribution in [3.8, 4) is 0 Å². The number of para-hydroxylation sites is 2. The summed E-state index contributed by atoms with van der Waals surface area (Å²) in [5, 5.41) is 27.7. The van der Waals surface area contributed by atoms with E-state index in [1.165, 1.54) is 0 Å². The van der Waals surface area contributed by atoms with Crippen LogP contribution >= 0.6 is 0 Å². The molecule has 0 unspecified atom stereocenters. The minimum atomic E-state index is -1.21. The fourth-order valence-electron chi connectivity index (χ4n) is 10.0. The third-order valence-corrected chi connectivity index (χ3v) is 13.8. The summed E-state index contributed by atoms with van der Waals surface area (Å²) < 4.78 is 0. The molecule has 12 heteroatoms. The first kappa shape index (κ1) is 50.6. The molecule has 9 rings (SSSR count). The highest BCUT2D eigenvalue weighted by molar-refractivity contribution is 6.19. The van der Waals surface area contributed by atoms with E-state index in [-0.39, 0.29) is 36.7 Å². The molecule has 0 bridgehead atoms. The predicted molar refractivity (Wildman–Crippen MR) is 291 cm³/mol. The number of hydrogen-bond acceptors (Lipinski definition) is 8. The van der Waals surface area contributed by atoms with Crippen molar-refractivity contribution in [3.63, 3.8) is 0 Å². The van der Waals surface area contributed by atoms with Gasteiger partial charge in [-0.15, -0.1) is 0 Å². The number of likely N-dealkylation sites (tertiary alicyclic amines) is 2. The van der Waals surface area contributed by atoms with Crippen molar-refractivity contribution < 1.29 is 29.4 Å². The maximum absolute atomic E-state index is 14.0. The van der Waals surface area contributed by atoms with Crippen LogP contribution in [0.25, 0.3) is 0 Å². The molecular formula is C62H60N6O6. The maximum atomic E-state index is 14.0. The van der Waals surface area contributed by atoms with Gasteiger partial charge in [0.05, 0.1) is 34.9 Å². The number of benzene rings is 7. The van der Waals surface area contributed by atoms with Crippen molar-refractivity contribution in [3.05, 3.63) is 239 Å². The minimum absolute atomic E-state index is 0.0447. The lowest BCUT2D eigenvalue weighted by atomic mass is 9.97. The van der Waals surface area contributed by atoms with Crippen LogP contribution in [0, 0.1) is 0 Å². The van der Waals surface area contributed by atoms with Gasteiger partial charge in [0, 0.05) is 48.2 Å². The van der Waals surface area contributed by atoms with Gasteiger partial charge in [0.25, 0.3) is 0 Å². The fourth-order valence-corrected chi connectivity index (χ4v) is 10.0.